The van der Waals surface area contributed by atoms with Crippen LogP contribution in [-0.4, -0.2) is 32.2 Å². The SMILES string of the molecule is Cc1cc(C)cc(N([C@@H](C)C(=O)NC(C)(C)C)S(C)(=O)=O)c1. The average Bonchev–Trinajstić information content (AvgIpc) is 2.22. The summed E-state index contributed by atoms with van der Waals surface area (Å²) in [6, 6.07) is 4.68. The Morgan fingerprint density at radius 2 is 1.59 bits per heavy atom. The average molecular weight is 326 g/mol. The van der Waals surface area contributed by atoms with Gasteiger partial charge in [0.25, 0.3) is 0 Å². The summed E-state index contributed by atoms with van der Waals surface area (Å²) < 4.78 is 25.6. The van der Waals surface area contributed by atoms with Gasteiger partial charge in [-0.1, -0.05) is 6.07 Å². The fourth-order valence-corrected chi connectivity index (χ4v) is 3.52. The maximum Gasteiger partial charge on any atom is 0.244 e. The van der Waals surface area contributed by atoms with Crippen molar-refractivity contribution >= 4 is 21.6 Å². The predicted octanol–water partition coefficient (Wildman–Crippen LogP) is 2.37. The number of hydrogen-bond donors (Lipinski definition) is 1. The topological polar surface area (TPSA) is 66.5 Å². The lowest BCUT2D eigenvalue weighted by Crippen LogP contribution is -2.52. The monoisotopic (exact) mass is 326 g/mol. The van der Waals surface area contributed by atoms with E-state index in [-0.39, 0.29) is 5.91 Å². The number of amides is 1. The number of nitrogens with zero attached hydrogens (tertiary/aromatic N) is 1. The van der Waals surface area contributed by atoms with E-state index in [0.29, 0.717) is 5.69 Å². The largest absolute Gasteiger partial charge is 0.350 e. The van der Waals surface area contributed by atoms with Gasteiger partial charge in [-0.25, -0.2) is 8.42 Å². The first kappa shape index (κ1) is 18.5. The molecule has 0 unspecified atom stereocenters. The summed E-state index contributed by atoms with van der Waals surface area (Å²) in [5.41, 5.74) is 1.99. The molecule has 1 atom stereocenters. The summed E-state index contributed by atoms with van der Waals surface area (Å²) >= 11 is 0. The van der Waals surface area contributed by atoms with Crippen LogP contribution in [0.4, 0.5) is 5.69 Å². The van der Waals surface area contributed by atoms with Crippen molar-refractivity contribution in [3.05, 3.63) is 29.3 Å². The second-order valence-corrected chi connectivity index (χ2v) is 8.68. The highest BCUT2D eigenvalue weighted by Gasteiger charge is 2.31. The molecule has 1 amide bonds. The van der Waals surface area contributed by atoms with E-state index in [9.17, 15) is 13.2 Å². The first-order chi connectivity index (χ1) is 9.81. The summed E-state index contributed by atoms with van der Waals surface area (Å²) in [5, 5.41) is 2.83. The Hall–Kier alpha value is -1.56. The lowest BCUT2D eigenvalue weighted by atomic mass is 10.1. The van der Waals surface area contributed by atoms with Crippen LogP contribution >= 0.6 is 0 Å². The Morgan fingerprint density at radius 3 is 1.95 bits per heavy atom. The van der Waals surface area contributed by atoms with Crippen molar-refractivity contribution in [1.82, 2.24) is 5.32 Å². The molecule has 22 heavy (non-hydrogen) atoms. The molecule has 1 N–H and O–H groups in total. The zero-order chi connectivity index (χ0) is 17.3. The van der Waals surface area contributed by atoms with Crippen LogP contribution in [0.3, 0.4) is 0 Å². The van der Waals surface area contributed by atoms with Crippen LogP contribution in [0.1, 0.15) is 38.8 Å². The van der Waals surface area contributed by atoms with E-state index >= 15 is 0 Å². The fraction of sp³-hybridized carbons (Fsp3) is 0.562. The minimum Gasteiger partial charge on any atom is -0.350 e. The Balaban J connectivity index is 3.28. The third kappa shape index (κ3) is 5.02. The molecule has 0 spiro atoms. The maximum atomic E-state index is 12.4. The van der Waals surface area contributed by atoms with Gasteiger partial charge in [-0.3, -0.25) is 9.10 Å². The number of carbonyl (C=O) groups is 1. The van der Waals surface area contributed by atoms with Crippen molar-refractivity contribution in [3.63, 3.8) is 0 Å². The molecule has 6 heteroatoms. The van der Waals surface area contributed by atoms with Gasteiger partial charge in [-0.05, 0) is 64.8 Å². The molecule has 0 saturated heterocycles. The van der Waals surface area contributed by atoms with Crippen molar-refractivity contribution in [2.75, 3.05) is 10.6 Å². The molecule has 1 rings (SSSR count). The quantitative estimate of drug-likeness (QED) is 0.924. The lowest BCUT2D eigenvalue weighted by molar-refractivity contribution is -0.123. The Morgan fingerprint density at radius 1 is 1.14 bits per heavy atom. The van der Waals surface area contributed by atoms with Gasteiger partial charge in [0.2, 0.25) is 15.9 Å². The number of benzene rings is 1. The number of hydrogen-bond acceptors (Lipinski definition) is 3. The molecule has 0 saturated carbocycles. The Kier molecular flexibility index (Phi) is 5.28. The molecule has 0 aliphatic carbocycles. The van der Waals surface area contributed by atoms with Gasteiger partial charge < -0.3 is 5.32 Å². The zero-order valence-corrected chi connectivity index (χ0v) is 15.2. The molecule has 0 aliphatic heterocycles. The standard InChI is InChI=1S/C16H26N2O3S/c1-11-8-12(2)10-14(9-11)18(22(7,20)21)13(3)15(19)17-16(4,5)6/h8-10,13H,1-7H3,(H,17,19)/t13-/m0/s1. The minimum absolute atomic E-state index is 0.322. The fourth-order valence-electron chi connectivity index (χ4n) is 2.36. The van der Waals surface area contributed by atoms with Gasteiger partial charge in [0.15, 0.2) is 0 Å². The summed E-state index contributed by atoms with van der Waals surface area (Å²) in [7, 11) is -3.58. The number of sulfonamides is 1. The molecule has 0 aromatic heterocycles. The van der Waals surface area contributed by atoms with E-state index in [4.69, 9.17) is 0 Å². The molecule has 0 aliphatic rings. The van der Waals surface area contributed by atoms with Gasteiger partial charge in [-0.15, -0.1) is 0 Å². The highest BCUT2D eigenvalue weighted by molar-refractivity contribution is 7.92. The van der Waals surface area contributed by atoms with Crippen molar-refractivity contribution in [3.8, 4) is 0 Å². The number of aryl methyl sites for hydroxylation is 2. The molecule has 0 bridgehead atoms. The molecule has 1 aromatic rings. The summed E-state index contributed by atoms with van der Waals surface area (Å²) in [5.74, 6) is -0.322. The van der Waals surface area contributed by atoms with Crippen LogP contribution in [0.2, 0.25) is 0 Å². The first-order valence-corrected chi connectivity index (χ1v) is 9.06. The van der Waals surface area contributed by atoms with Gasteiger partial charge in [0.1, 0.15) is 6.04 Å². The zero-order valence-electron chi connectivity index (χ0n) is 14.4. The molecule has 5 nitrogen and oxygen atoms in total. The van der Waals surface area contributed by atoms with Crippen molar-refractivity contribution in [2.24, 2.45) is 0 Å². The van der Waals surface area contributed by atoms with E-state index in [0.717, 1.165) is 17.4 Å². The van der Waals surface area contributed by atoms with Gasteiger partial charge in [0.05, 0.1) is 11.9 Å². The van der Waals surface area contributed by atoms with Crippen LogP contribution in [0.15, 0.2) is 18.2 Å². The van der Waals surface area contributed by atoms with Crippen molar-refractivity contribution in [1.29, 1.82) is 0 Å². The molecular formula is C16H26N2O3S. The summed E-state index contributed by atoms with van der Waals surface area (Å²) in [6.45, 7) is 11.0. The van der Waals surface area contributed by atoms with Gasteiger partial charge in [-0.2, -0.15) is 0 Å². The lowest BCUT2D eigenvalue weighted by Gasteiger charge is -2.31. The third-order valence-electron chi connectivity index (χ3n) is 3.05. The Labute approximate surface area is 133 Å². The minimum atomic E-state index is -3.58. The molecule has 0 fully saturated rings. The highest BCUT2D eigenvalue weighted by Crippen LogP contribution is 2.24. The maximum absolute atomic E-state index is 12.4. The number of nitrogens with one attached hydrogen (secondary N) is 1. The third-order valence-corrected chi connectivity index (χ3v) is 4.29. The van der Waals surface area contributed by atoms with Gasteiger partial charge in [0, 0.05) is 5.54 Å². The van der Waals surface area contributed by atoms with E-state index in [1.165, 1.54) is 4.31 Å². The number of carbonyl (C=O) groups excluding carboxylic acids is 1. The van der Waals surface area contributed by atoms with E-state index in [1.54, 1.807) is 19.1 Å². The van der Waals surface area contributed by atoms with Crippen molar-refractivity contribution in [2.45, 2.75) is 53.1 Å². The summed E-state index contributed by atoms with van der Waals surface area (Å²) in [4.78, 5) is 12.4. The van der Waals surface area contributed by atoms with E-state index < -0.39 is 21.6 Å². The van der Waals surface area contributed by atoms with Crippen LogP contribution in [0.25, 0.3) is 0 Å². The second kappa shape index (κ2) is 6.28. The highest BCUT2D eigenvalue weighted by atomic mass is 32.2. The van der Waals surface area contributed by atoms with Crippen LogP contribution in [-0.2, 0) is 14.8 Å². The van der Waals surface area contributed by atoms with Crippen molar-refractivity contribution < 1.29 is 13.2 Å². The van der Waals surface area contributed by atoms with Crippen LogP contribution in [0, 0.1) is 13.8 Å². The molecule has 124 valence electrons. The molecule has 0 heterocycles. The number of anilines is 1. The first-order valence-electron chi connectivity index (χ1n) is 7.21. The second-order valence-electron chi connectivity index (χ2n) is 6.82. The summed E-state index contributed by atoms with van der Waals surface area (Å²) in [6.07, 6.45) is 1.12. The normalized spacial score (nSPS) is 13.6. The van der Waals surface area contributed by atoms with Crippen LogP contribution < -0.4 is 9.62 Å². The predicted molar refractivity (Wildman–Crippen MR) is 90.6 cm³/mol. The van der Waals surface area contributed by atoms with E-state index in [1.807, 2.05) is 40.7 Å². The molecule has 0 radical (unpaired) electrons. The van der Waals surface area contributed by atoms with Gasteiger partial charge >= 0.3 is 0 Å². The number of rotatable bonds is 4. The van der Waals surface area contributed by atoms with Crippen LogP contribution in [0.5, 0.6) is 0 Å². The van der Waals surface area contributed by atoms with E-state index in [2.05, 4.69) is 5.32 Å². The smallest absolute Gasteiger partial charge is 0.244 e. The Bertz CT molecular complexity index is 640. The molecule has 1 aromatic carbocycles. The molecular weight excluding hydrogens is 300 g/mol.